The normalized spacial score (nSPS) is 21.3. The summed E-state index contributed by atoms with van der Waals surface area (Å²) in [7, 11) is -2.86. The predicted octanol–water partition coefficient (Wildman–Crippen LogP) is 5.80. The van der Waals surface area contributed by atoms with Gasteiger partial charge in [-0.3, -0.25) is 4.90 Å². The van der Waals surface area contributed by atoms with Gasteiger partial charge in [-0.2, -0.15) is 0 Å². The van der Waals surface area contributed by atoms with Crippen molar-refractivity contribution >= 4 is 24.8 Å². The van der Waals surface area contributed by atoms with E-state index in [-0.39, 0.29) is 24.2 Å². The summed E-state index contributed by atoms with van der Waals surface area (Å²) in [5.41, 5.74) is 7.78. The lowest BCUT2D eigenvalue weighted by atomic mass is 9.68. The van der Waals surface area contributed by atoms with Crippen molar-refractivity contribution < 1.29 is 14.3 Å². The lowest BCUT2D eigenvalue weighted by molar-refractivity contribution is -0.0588. The first kappa shape index (κ1) is 26.8. The molecule has 1 saturated heterocycles. The summed E-state index contributed by atoms with van der Waals surface area (Å²) < 4.78 is 7.24. The third-order valence-corrected chi connectivity index (χ3v) is 12.6. The fourth-order valence-electron chi connectivity index (χ4n) is 5.58. The minimum absolute atomic E-state index is 0.167. The first-order chi connectivity index (χ1) is 16.4. The molecule has 1 amide bonds. The molecule has 0 aromatic heterocycles. The van der Waals surface area contributed by atoms with Gasteiger partial charge in [0.15, 0.2) is 0 Å². The van der Waals surface area contributed by atoms with Gasteiger partial charge >= 0.3 is 6.09 Å². The van der Waals surface area contributed by atoms with E-state index in [1.165, 1.54) is 4.90 Å². The molecule has 1 aliphatic rings. The molecular weight excluding hydrogens is 456 g/mol. The SMILES string of the molecule is CC(C)(C)C1(CO[Si](c2ccccc2)(c2ccccc2)C(C)(C)C)CCC(N=[N+]=[N-])CN1C(=O)O. The summed E-state index contributed by atoms with van der Waals surface area (Å²) in [6, 6.07) is 20.4. The molecule has 0 saturated carbocycles. The van der Waals surface area contributed by atoms with Crippen molar-refractivity contribution in [3.05, 3.63) is 71.1 Å². The van der Waals surface area contributed by atoms with E-state index in [0.29, 0.717) is 12.8 Å². The zero-order chi connectivity index (χ0) is 25.9. The molecule has 2 aromatic carbocycles. The Morgan fingerprint density at radius 1 is 1.09 bits per heavy atom. The first-order valence-electron chi connectivity index (χ1n) is 12.2. The van der Waals surface area contributed by atoms with Crippen molar-refractivity contribution in [2.24, 2.45) is 10.5 Å². The zero-order valence-corrected chi connectivity index (χ0v) is 22.7. The second-order valence-corrected chi connectivity index (χ2v) is 15.8. The molecule has 1 N–H and O–H groups in total. The highest BCUT2D eigenvalue weighted by atomic mass is 28.4. The number of amides is 1. The Morgan fingerprint density at radius 3 is 2.00 bits per heavy atom. The smallest absolute Gasteiger partial charge is 0.407 e. The maximum absolute atomic E-state index is 12.6. The molecule has 8 heteroatoms. The largest absolute Gasteiger partial charge is 0.465 e. The van der Waals surface area contributed by atoms with Crippen LogP contribution in [0.3, 0.4) is 0 Å². The number of carboxylic acid groups (broad SMARTS) is 1. The molecule has 0 bridgehead atoms. The number of nitrogens with zero attached hydrogens (tertiary/aromatic N) is 4. The van der Waals surface area contributed by atoms with E-state index in [1.54, 1.807) is 0 Å². The average molecular weight is 495 g/mol. The standard InChI is InChI=1S/C27H38N4O3Si/c1-25(2,3)27(18-17-21(29-30-28)19-31(27)24(32)33)20-34-35(26(4,5)6,22-13-9-7-10-14-22)23-15-11-8-12-16-23/h7-16,21H,17-20H2,1-6H3,(H,32,33). The van der Waals surface area contributed by atoms with Crippen LogP contribution in [0.4, 0.5) is 4.79 Å². The highest BCUT2D eigenvalue weighted by Gasteiger charge is 2.56. The molecule has 0 radical (unpaired) electrons. The fraction of sp³-hybridized carbons (Fsp3) is 0.519. The Labute approximate surface area is 209 Å². The first-order valence-corrected chi connectivity index (χ1v) is 14.1. The lowest BCUT2D eigenvalue weighted by Crippen LogP contribution is -2.71. The van der Waals surface area contributed by atoms with E-state index < -0.39 is 25.4 Å². The average Bonchev–Trinajstić information content (AvgIpc) is 2.80. The number of rotatable bonds is 6. The van der Waals surface area contributed by atoms with Crippen LogP contribution in [0.1, 0.15) is 54.4 Å². The maximum atomic E-state index is 12.6. The highest BCUT2D eigenvalue weighted by Crippen LogP contribution is 2.46. The third-order valence-electron chi connectivity index (χ3n) is 7.59. The Hall–Kier alpha value is -2.80. The maximum Gasteiger partial charge on any atom is 0.407 e. The summed E-state index contributed by atoms with van der Waals surface area (Å²) in [5, 5.41) is 16.2. The number of hydrogen-bond donors (Lipinski definition) is 1. The summed E-state index contributed by atoms with van der Waals surface area (Å²) in [4.78, 5) is 17.0. The van der Waals surface area contributed by atoms with Gasteiger partial charge in [0.1, 0.15) is 0 Å². The second-order valence-electron chi connectivity index (χ2n) is 11.5. The van der Waals surface area contributed by atoms with E-state index in [1.807, 2.05) is 36.4 Å². The molecule has 3 rings (SSSR count). The Balaban J connectivity index is 2.17. The van der Waals surface area contributed by atoms with Crippen LogP contribution in [0.5, 0.6) is 0 Å². The van der Waals surface area contributed by atoms with Gasteiger partial charge < -0.3 is 9.53 Å². The van der Waals surface area contributed by atoms with Crippen molar-refractivity contribution in [1.82, 2.24) is 4.90 Å². The number of azide groups is 1. The fourth-order valence-corrected chi connectivity index (χ4v) is 10.2. The Morgan fingerprint density at radius 2 is 1.60 bits per heavy atom. The van der Waals surface area contributed by atoms with E-state index in [9.17, 15) is 9.90 Å². The number of hydrogen-bond acceptors (Lipinski definition) is 3. The van der Waals surface area contributed by atoms with E-state index in [0.717, 1.165) is 10.4 Å². The van der Waals surface area contributed by atoms with E-state index >= 15 is 0 Å². The van der Waals surface area contributed by atoms with Crippen molar-refractivity contribution in [2.45, 2.75) is 71.0 Å². The molecule has 2 unspecified atom stereocenters. The van der Waals surface area contributed by atoms with Crippen molar-refractivity contribution in [1.29, 1.82) is 0 Å². The molecule has 2 aromatic rings. The van der Waals surface area contributed by atoms with Crippen LogP contribution >= 0.6 is 0 Å². The van der Waals surface area contributed by atoms with Gasteiger partial charge in [0.2, 0.25) is 0 Å². The molecule has 1 aliphatic heterocycles. The van der Waals surface area contributed by atoms with Gasteiger partial charge in [-0.1, -0.05) is 107 Å². The van der Waals surface area contributed by atoms with Crippen molar-refractivity contribution in [2.75, 3.05) is 13.2 Å². The monoisotopic (exact) mass is 494 g/mol. The molecule has 7 nitrogen and oxygen atoms in total. The van der Waals surface area contributed by atoms with Gasteiger partial charge in [-0.25, -0.2) is 4.79 Å². The van der Waals surface area contributed by atoms with Gasteiger partial charge in [0, 0.05) is 11.5 Å². The summed E-state index contributed by atoms with van der Waals surface area (Å²) in [5.74, 6) is 0. The van der Waals surface area contributed by atoms with Crippen LogP contribution in [0.2, 0.25) is 5.04 Å². The van der Waals surface area contributed by atoms with Crippen LogP contribution in [-0.4, -0.2) is 49.1 Å². The minimum Gasteiger partial charge on any atom is -0.465 e. The van der Waals surface area contributed by atoms with Gasteiger partial charge in [-0.15, -0.1) is 0 Å². The minimum atomic E-state index is -2.86. The predicted molar refractivity (Wildman–Crippen MR) is 143 cm³/mol. The molecule has 1 heterocycles. The molecular formula is C27H38N4O3Si. The highest BCUT2D eigenvalue weighted by molar-refractivity contribution is 6.99. The number of carbonyl (C=O) groups is 1. The summed E-state index contributed by atoms with van der Waals surface area (Å²) >= 11 is 0. The topological polar surface area (TPSA) is 98.5 Å². The van der Waals surface area contributed by atoms with Gasteiger partial charge in [0.25, 0.3) is 8.32 Å². The molecule has 1 fully saturated rings. The molecule has 2 atom stereocenters. The van der Waals surface area contributed by atoms with Gasteiger partial charge in [0.05, 0.1) is 18.2 Å². The Bertz CT molecular complexity index is 1020. The van der Waals surface area contributed by atoms with Gasteiger partial charge in [-0.05, 0) is 39.2 Å². The third kappa shape index (κ3) is 4.96. The van der Waals surface area contributed by atoms with Crippen molar-refractivity contribution in [3.63, 3.8) is 0 Å². The van der Waals surface area contributed by atoms with E-state index in [2.05, 4.69) is 75.8 Å². The number of piperidine rings is 1. The molecule has 0 aliphatic carbocycles. The van der Waals surface area contributed by atoms with Crippen LogP contribution in [0, 0.1) is 5.41 Å². The van der Waals surface area contributed by atoms with Crippen LogP contribution in [-0.2, 0) is 4.43 Å². The molecule has 35 heavy (non-hydrogen) atoms. The van der Waals surface area contributed by atoms with Crippen LogP contribution in [0.15, 0.2) is 65.8 Å². The van der Waals surface area contributed by atoms with Crippen LogP contribution < -0.4 is 10.4 Å². The summed E-state index contributed by atoms with van der Waals surface area (Å²) in [6.45, 7) is 13.3. The summed E-state index contributed by atoms with van der Waals surface area (Å²) in [6.07, 6.45) is 0.170. The van der Waals surface area contributed by atoms with Crippen molar-refractivity contribution in [3.8, 4) is 0 Å². The number of likely N-dealkylation sites (tertiary alicyclic amines) is 1. The quantitative estimate of drug-likeness (QED) is 0.238. The number of benzene rings is 2. The van der Waals surface area contributed by atoms with Crippen LogP contribution in [0.25, 0.3) is 10.4 Å². The Kier molecular flexibility index (Phi) is 7.70. The van der Waals surface area contributed by atoms with E-state index in [4.69, 9.17) is 9.96 Å². The second kappa shape index (κ2) is 10.1. The lowest BCUT2D eigenvalue weighted by Gasteiger charge is -2.56. The zero-order valence-electron chi connectivity index (χ0n) is 21.7. The molecule has 188 valence electrons. The molecule has 0 spiro atoms.